The summed E-state index contributed by atoms with van der Waals surface area (Å²) < 4.78 is 6.91. The minimum absolute atomic E-state index is 0.0478. The smallest absolute Gasteiger partial charge is 0.313 e. The average Bonchev–Trinajstić information content (AvgIpc) is 3.02. The fourth-order valence-electron chi connectivity index (χ4n) is 1.41. The molecular formula is C10H12N4O3S2. The third-order valence-corrected chi connectivity index (χ3v) is 3.93. The van der Waals surface area contributed by atoms with E-state index in [4.69, 9.17) is 9.84 Å². The van der Waals surface area contributed by atoms with Gasteiger partial charge < -0.3 is 9.84 Å². The zero-order valence-electron chi connectivity index (χ0n) is 10.1. The standard InChI is InChI=1S/C10H12N4O3S2/c1-17-3-2-14-9(7-4-11-6-19-7)12-13-10(14)18-5-8(15)16/h4,6H,2-3,5H2,1H3,(H,15,16). The van der Waals surface area contributed by atoms with E-state index in [1.807, 2.05) is 4.57 Å². The van der Waals surface area contributed by atoms with Crippen molar-refractivity contribution in [2.24, 2.45) is 0 Å². The first-order valence-corrected chi connectivity index (χ1v) is 7.24. The molecule has 0 spiro atoms. The molecule has 0 aromatic carbocycles. The Morgan fingerprint density at radius 3 is 3.05 bits per heavy atom. The van der Waals surface area contributed by atoms with Crippen LogP contribution in [0.15, 0.2) is 16.9 Å². The second kappa shape index (κ2) is 6.64. The van der Waals surface area contributed by atoms with Crippen LogP contribution < -0.4 is 0 Å². The van der Waals surface area contributed by atoms with Crippen molar-refractivity contribution in [3.8, 4) is 10.7 Å². The summed E-state index contributed by atoms with van der Waals surface area (Å²) in [5.74, 6) is -0.244. The number of aromatic nitrogens is 4. The number of hydrogen-bond donors (Lipinski definition) is 1. The number of ether oxygens (including phenoxy) is 1. The summed E-state index contributed by atoms with van der Waals surface area (Å²) in [5.41, 5.74) is 1.72. The van der Waals surface area contributed by atoms with E-state index >= 15 is 0 Å². The molecule has 2 aromatic heterocycles. The summed E-state index contributed by atoms with van der Waals surface area (Å²) in [6.45, 7) is 1.07. The lowest BCUT2D eigenvalue weighted by atomic mass is 10.5. The quantitative estimate of drug-likeness (QED) is 0.769. The lowest BCUT2D eigenvalue weighted by molar-refractivity contribution is -0.133. The highest BCUT2D eigenvalue weighted by Gasteiger charge is 2.16. The van der Waals surface area contributed by atoms with Gasteiger partial charge in [-0.25, -0.2) is 0 Å². The Labute approximate surface area is 117 Å². The molecule has 0 saturated carbocycles. The third-order valence-electron chi connectivity index (χ3n) is 2.21. The van der Waals surface area contributed by atoms with Crippen LogP contribution in [0.3, 0.4) is 0 Å². The number of carboxylic acids is 1. The molecule has 0 aliphatic carbocycles. The van der Waals surface area contributed by atoms with E-state index in [1.165, 1.54) is 11.3 Å². The highest BCUT2D eigenvalue weighted by molar-refractivity contribution is 7.99. The van der Waals surface area contributed by atoms with Crippen LogP contribution in [0.4, 0.5) is 0 Å². The molecule has 1 N–H and O–H groups in total. The fraction of sp³-hybridized carbons (Fsp3) is 0.400. The van der Waals surface area contributed by atoms with Gasteiger partial charge in [-0.2, -0.15) is 0 Å². The van der Waals surface area contributed by atoms with E-state index in [9.17, 15) is 4.79 Å². The van der Waals surface area contributed by atoms with Crippen LogP contribution in [0.1, 0.15) is 0 Å². The molecule has 19 heavy (non-hydrogen) atoms. The molecule has 0 aliphatic heterocycles. The normalized spacial score (nSPS) is 10.8. The van der Waals surface area contributed by atoms with Gasteiger partial charge in [-0.15, -0.1) is 21.5 Å². The summed E-state index contributed by atoms with van der Waals surface area (Å²) in [5, 5.41) is 17.4. The molecule has 0 atom stereocenters. The monoisotopic (exact) mass is 300 g/mol. The number of nitrogens with zero attached hydrogens (tertiary/aromatic N) is 4. The maximum absolute atomic E-state index is 10.6. The van der Waals surface area contributed by atoms with Crippen molar-refractivity contribution in [3.63, 3.8) is 0 Å². The second-order valence-corrected chi connectivity index (χ2v) is 5.33. The van der Waals surface area contributed by atoms with E-state index < -0.39 is 5.97 Å². The van der Waals surface area contributed by atoms with Gasteiger partial charge in [-0.05, 0) is 0 Å². The summed E-state index contributed by atoms with van der Waals surface area (Å²) in [4.78, 5) is 15.5. The first-order chi connectivity index (χ1) is 9.22. The molecule has 2 rings (SSSR count). The van der Waals surface area contributed by atoms with Gasteiger partial charge in [-0.3, -0.25) is 14.3 Å². The predicted molar refractivity (Wildman–Crippen MR) is 71.4 cm³/mol. The predicted octanol–water partition coefficient (Wildman–Crippen LogP) is 1.22. The van der Waals surface area contributed by atoms with Crippen LogP contribution in [0, 0.1) is 0 Å². The molecule has 2 heterocycles. The minimum Gasteiger partial charge on any atom is -0.481 e. The highest BCUT2D eigenvalue weighted by Crippen LogP contribution is 2.26. The van der Waals surface area contributed by atoms with Crippen LogP contribution in [0.25, 0.3) is 10.7 Å². The van der Waals surface area contributed by atoms with Gasteiger partial charge in [-0.1, -0.05) is 11.8 Å². The van der Waals surface area contributed by atoms with Crippen molar-refractivity contribution in [1.82, 2.24) is 19.7 Å². The van der Waals surface area contributed by atoms with Gasteiger partial charge in [0.25, 0.3) is 0 Å². The topological polar surface area (TPSA) is 90.1 Å². The highest BCUT2D eigenvalue weighted by atomic mass is 32.2. The van der Waals surface area contributed by atoms with Gasteiger partial charge in [0.05, 0.1) is 29.3 Å². The summed E-state index contributed by atoms with van der Waals surface area (Å²) >= 11 is 2.60. The molecule has 102 valence electrons. The Morgan fingerprint density at radius 2 is 2.42 bits per heavy atom. The van der Waals surface area contributed by atoms with E-state index in [2.05, 4.69) is 15.2 Å². The van der Waals surface area contributed by atoms with Crippen LogP contribution >= 0.6 is 23.1 Å². The third kappa shape index (κ3) is 3.52. The maximum atomic E-state index is 10.6. The van der Waals surface area contributed by atoms with Crippen molar-refractivity contribution in [3.05, 3.63) is 11.7 Å². The van der Waals surface area contributed by atoms with Gasteiger partial charge >= 0.3 is 5.97 Å². The molecule has 0 aliphatic rings. The van der Waals surface area contributed by atoms with Crippen molar-refractivity contribution in [1.29, 1.82) is 0 Å². The van der Waals surface area contributed by atoms with Crippen molar-refractivity contribution >= 4 is 29.1 Å². The van der Waals surface area contributed by atoms with E-state index in [1.54, 1.807) is 18.8 Å². The van der Waals surface area contributed by atoms with Crippen molar-refractivity contribution in [2.75, 3.05) is 19.5 Å². The molecule has 0 bridgehead atoms. The lowest BCUT2D eigenvalue weighted by Crippen LogP contribution is -2.08. The lowest BCUT2D eigenvalue weighted by Gasteiger charge is -2.07. The van der Waals surface area contributed by atoms with E-state index in [0.29, 0.717) is 24.1 Å². The molecule has 0 saturated heterocycles. The molecule has 7 nitrogen and oxygen atoms in total. The van der Waals surface area contributed by atoms with Crippen LogP contribution in [0.2, 0.25) is 0 Å². The van der Waals surface area contributed by atoms with Crippen LogP contribution in [0.5, 0.6) is 0 Å². The largest absolute Gasteiger partial charge is 0.481 e. The zero-order chi connectivity index (χ0) is 13.7. The van der Waals surface area contributed by atoms with Gasteiger partial charge in [0.2, 0.25) is 0 Å². The fourth-order valence-corrected chi connectivity index (χ4v) is 2.71. The first kappa shape index (κ1) is 14.0. The van der Waals surface area contributed by atoms with Gasteiger partial charge in [0.1, 0.15) is 0 Å². The second-order valence-electron chi connectivity index (χ2n) is 3.50. The van der Waals surface area contributed by atoms with E-state index in [-0.39, 0.29) is 5.75 Å². The number of thioether (sulfide) groups is 1. The van der Waals surface area contributed by atoms with Gasteiger partial charge in [0.15, 0.2) is 11.0 Å². The van der Waals surface area contributed by atoms with Crippen molar-refractivity contribution < 1.29 is 14.6 Å². The maximum Gasteiger partial charge on any atom is 0.313 e. The molecule has 0 fully saturated rings. The van der Waals surface area contributed by atoms with Gasteiger partial charge in [0, 0.05) is 13.3 Å². The Morgan fingerprint density at radius 1 is 1.58 bits per heavy atom. The Hall–Kier alpha value is -1.45. The number of hydrogen-bond acceptors (Lipinski definition) is 7. The number of rotatable bonds is 7. The number of methoxy groups -OCH3 is 1. The minimum atomic E-state index is -0.884. The van der Waals surface area contributed by atoms with Crippen molar-refractivity contribution in [2.45, 2.75) is 11.7 Å². The summed E-state index contributed by atoms with van der Waals surface area (Å²) in [6, 6.07) is 0. The molecule has 0 unspecified atom stereocenters. The first-order valence-electron chi connectivity index (χ1n) is 5.38. The number of carbonyl (C=O) groups is 1. The molecule has 0 amide bonds. The Balaban J connectivity index is 2.25. The molecule has 9 heteroatoms. The van der Waals surface area contributed by atoms with E-state index in [0.717, 1.165) is 16.6 Å². The zero-order valence-corrected chi connectivity index (χ0v) is 11.8. The average molecular weight is 300 g/mol. The summed E-state index contributed by atoms with van der Waals surface area (Å²) in [7, 11) is 1.61. The molecule has 2 aromatic rings. The number of carboxylic acid groups (broad SMARTS) is 1. The number of thiazole rings is 1. The number of aliphatic carboxylic acids is 1. The SMILES string of the molecule is COCCn1c(SCC(=O)O)nnc1-c1cncs1. The van der Waals surface area contributed by atoms with Crippen LogP contribution in [-0.4, -0.2) is 50.3 Å². The molecule has 0 radical (unpaired) electrons. The Kier molecular flexibility index (Phi) is 4.88. The Bertz CT molecular complexity index is 541. The molecular weight excluding hydrogens is 288 g/mol. The van der Waals surface area contributed by atoms with Crippen LogP contribution in [-0.2, 0) is 16.1 Å². The summed E-state index contributed by atoms with van der Waals surface area (Å²) in [6.07, 6.45) is 1.71.